The van der Waals surface area contributed by atoms with Crippen LogP contribution in [0.2, 0.25) is 0 Å². The van der Waals surface area contributed by atoms with Gasteiger partial charge in [-0.25, -0.2) is 0 Å². The molecule has 2 nitrogen and oxygen atoms in total. The van der Waals surface area contributed by atoms with Gasteiger partial charge in [-0.3, -0.25) is 9.88 Å². The summed E-state index contributed by atoms with van der Waals surface area (Å²) in [5, 5.41) is 0. The van der Waals surface area contributed by atoms with E-state index in [0.29, 0.717) is 0 Å². The highest BCUT2D eigenvalue weighted by molar-refractivity contribution is 5.08. The Labute approximate surface area is 85.6 Å². The maximum atomic E-state index is 4.08. The van der Waals surface area contributed by atoms with Crippen molar-refractivity contribution in [1.82, 2.24) is 9.88 Å². The zero-order valence-electron chi connectivity index (χ0n) is 8.39. The zero-order valence-corrected chi connectivity index (χ0v) is 8.39. The molecule has 0 radical (unpaired) electrons. The molecule has 0 aromatic carbocycles. The van der Waals surface area contributed by atoms with E-state index in [1.807, 2.05) is 24.4 Å². The highest BCUT2D eigenvalue weighted by Crippen LogP contribution is 2.02. The molecule has 2 heteroatoms. The molecule has 0 bridgehead atoms. The molecule has 0 N–H and O–H groups in total. The highest BCUT2D eigenvalue weighted by atomic mass is 15.1. The van der Waals surface area contributed by atoms with Crippen LogP contribution < -0.4 is 0 Å². The number of hydrogen-bond acceptors (Lipinski definition) is 2. The number of nitrogens with zero attached hydrogens (tertiary/aromatic N) is 2. The standard InChI is InChI=1S/C12H16N2/c1-3-8-14(9-4-2)11-12-6-5-7-13-10-12/h3-7,10H,1-2,8-9,11H2. The summed E-state index contributed by atoms with van der Waals surface area (Å²) in [5.74, 6) is 0. The molecule has 1 rings (SSSR count). The Morgan fingerprint density at radius 2 is 2.00 bits per heavy atom. The van der Waals surface area contributed by atoms with Crippen molar-refractivity contribution >= 4 is 0 Å². The first-order valence-corrected chi connectivity index (χ1v) is 4.70. The van der Waals surface area contributed by atoms with E-state index in [4.69, 9.17) is 0 Å². The largest absolute Gasteiger partial charge is 0.292 e. The number of rotatable bonds is 6. The SMILES string of the molecule is C=CCN(CC=C)Cc1cccnc1. The van der Waals surface area contributed by atoms with Crippen molar-refractivity contribution in [2.24, 2.45) is 0 Å². The summed E-state index contributed by atoms with van der Waals surface area (Å²) in [5.41, 5.74) is 1.22. The predicted molar refractivity (Wildman–Crippen MR) is 59.9 cm³/mol. The van der Waals surface area contributed by atoms with Crippen molar-refractivity contribution in [1.29, 1.82) is 0 Å². The fourth-order valence-electron chi connectivity index (χ4n) is 1.32. The molecule has 0 saturated carbocycles. The van der Waals surface area contributed by atoms with Gasteiger partial charge < -0.3 is 0 Å². The van der Waals surface area contributed by atoms with Crippen molar-refractivity contribution in [2.75, 3.05) is 13.1 Å². The average Bonchev–Trinajstić information content (AvgIpc) is 2.20. The van der Waals surface area contributed by atoms with Gasteiger partial charge in [0.2, 0.25) is 0 Å². The smallest absolute Gasteiger partial charge is 0.0312 e. The van der Waals surface area contributed by atoms with Crippen LogP contribution in [0.3, 0.4) is 0 Å². The Hall–Kier alpha value is -1.41. The van der Waals surface area contributed by atoms with E-state index in [1.54, 1.807) is 6.20 Å². The van der Waals surface area contributed by atoms with Crippen LogP contribution in [0, 0.1) is 0 Å². The van der Waals surface area contributed by atoms with Gasteiger partial charge in [0.15, 0.2) is 0 Å². The lowest BCUT2D eigenvalue weighted by Crippen LogP contribution is -2.23. The Morgan fingerprint density at radius 3 is 2.50 bits per heavy atom. The second-order valence-corrected chi connectivity index (χ2v) is 3.13. The molecule has 0 unspecified atom stereocenters. The van der Waals surface area contributed by atoms with E-state index in [0.717, 1.165) is 19.6 Å². The first-order valence-electron chi connectivity index (χ1n) is 4.70. The minimum atomic E-state index is 0.876. The number of pyridine rings is 1. The molecule has 0 saturated heterocycles. The van der Waals surface area contributed by atoms with E-state index in [9.17, 15) is 0 Å². The summed E-state index contributed by atoms with van der Waals surface area (Å²) >= 11 is 0. The first kappa shape index (κ1) is 10.7. The zero-order chi connectivity index (χ0) is 10.2. The predicted octanol–water partition coefficient (Wildman–Crippen LogP) is 2.26. The first-order chi connectivity index (χ1) is 6.86. The molecule has 0 atom stereocenters. The third-order valence-corrected chi connectivity index (χ3v) is 1.90. The van der Waals surface area contributed by atoms with Crippen molar-refractivity contribution in [3.05, 3.63) is 55.4 Å². The van der Waals surface area contributed by atoms with Crippen LogP contribution in [0.5, 0.6) is 0 Å². The Bertz CT molecular complexity index is 270. The molecule has 0 aliphatic rings. The lowest BCUT2D eigenvalue weighted by Gasteiger charge is -2.18. The second-order valence-electron chi connectivity index (χ2n) is 3.13. The molecule has 1 aromatic rings. The summed E-state index contributed by atoms with van der Waals surface area (Å²) in [6.07, 6.45) is 7.48. The molecule has 0 amide bonds. The van der Waals surface area contributed by atoms with Gasteiger partial charge in [-0.1, -0.05) is 18.2 Å². The summed E-state index contributed by atoms with van der Waals surface area (Å²) in [6, 6.07) is 4.03. The fraction of sp³-hybridized carbons (Fsp3) is 0.250. The van der Waals surface area contributed by atoms with Crippen LogP contribution in [0.15, 0.2) is 49.8 Å². The van der Waals surface area contributed by atoms with Gasteiger partial charge >= 0.3 is 0 Å². The topological polar surface area (TPSA) is 16.1 Å². The maximum Gasteiger partial charge on any atom is 0.0312 e. The lowest BCUT2D eigenvalue weighted by molar-refractivity contribution is 0.327. The third-order valence-electron chi connectivity index (χ3n) is 1.90. The molecule has 0 aliphatic heterocycles. The van der Waals surface area contributed by atoms with Gasteiger partial charge in [0.05, 0.1) is 0 Å². The molecule has 74 valence electrons. The van der Waals surface area contributed by atoms with Gasteiger partial charge in [-0.2, -0.15) is 0 Å². The molecule has 0 fully saturated rings. The fourth-order valence-corrected chi connectivity index (χ4v) is 1.32. The molecule has 1 aromatic heterocycles. The summed E-state index contributed by atoms with van der Waals surface area (Å²) in [6.45, 7) is 10.1. The van der Waals surface area contributed by atoms with Gasteiger partial charge in [0, 0.05) is 32.0 Å². The van der Waals surface area contributed by atoms with Crippen LogP contribution in [-0.2, 0) is 6.54 Å². The Balaban J connectivity index is 2.54. The molecule has 1 heterocycles. The van der Waals surface area contributed by atoms with E-state index < -0.39 is 0 Å². The van der Waals surface area contributed by atoms with Crippen molar-refractivity contribution in [2.45, 2.75) is 6.54 Å². The van der Waals surface area contributed by atoms with Crippen molar-refractivity contribution in [3.8, 4) is 0 Å². The van der Waals surface area contributed by atoms with E-state index in [1.165, 1.54) is 5.56 Å². The summed E-state index contributed by atoms with van der Waals surface area (Å²) in [7, 11) is 0. The summed E-state index contributed by atoms with van der Waals surface area (Å²) < 4.78 is 0. The van der Waals surface area contributed by atoms with Gasteiger partial charge in [0.25, 0.3) is 0 Å². The molecular weight excluding hydrogens is 172 g/mol. The quantitative estimate of drug-likeness (QED) is 0.636. The molecule has 0 spiro atoms. The minimum Gasteiger partial charge on any atom is -0.292 e. The van der Waals surface area contributed by atoms with Crippen molar-refractivity contribution in [3.63, 3.8) is 0 Å². The van der Waals surface area contributed by atoms with Crippen LogP contribution in [-0.4, -0.2) is 23.0 Å². The van der Waals surface area contributed by atoms with E-state index >= 15 is 0 Å². The van der Waals surface area contributed by atoms with Gasteiger partial charge in [-0.05, 0) is 11.6 Å². The summed E-state index contributed by atoms with van der Waals surface area (Å²) in [4.78, 5) is 6.33. The Kier molecular flexibility index (Phi) is 4.65. The maximum absolute atomic E-state index is 4.08. The lowest BCUT2D eigenvalue weighted by atomic mass is 10.2. The number of aromatic nitrogens is 1. The van der Waals surface area contributed by atoms with Crippen LogP contribution in [0.25, 0.3) is 0 Å². The highest BCUT2D eigenvalue weighted by Gasteiger charge is 2.01. The molecule has 0 aliphatic carbocycles. The van der Waals surface area contributed by atoms with Gasteiger partial charge in [0.1, 0.15) is 0 Å². The normalized spacial score (nSPS) is 10.1. The van der Waals surface area contributed by atoms with Gasteiger partial charge in [-0.15, -0.1) is 13.2 Å². The molecule has 14 heavy (non-hydrogen) atoms. The second kappa shape index (κ2) is 6.11. The molecular formula is C12H16N2. The van der Waals surface area contributed by atoms with E-state index in [-0.39, 0.29) is 0 Å². The Morgan fingerprint density at radius 1 is 1.29 bits per heavy atom. The minimum absolute atomic E-state index is 0.876. The third kappa shape index (κ3) is 3.54. The monoisotopic (exact) mass is 188 g/mol. The van der Waals surface area contributed by atoms with Crippen LogP contribution in [0.1, 0.15) is 5.56 Å². The van der Waals surface area contributed by atoms with Crippen molar-refractivity contribution < 1.29 is 0 Å². The van der Waals surface area contributed by atoms with Crippen LogP contribution in [0.4, 0.5) is 0 Å². The van der Waals surface area contributed by atoms with E-state index in [2.05, 4.69) is 29.1 Å². The average molecular weight is 188 g/mol. The van der Waals surface area contributed by atoms with Crippen LogP contribution >= 0.6 is 0 Å². The number of hydrogen-bond donors (Lipinski definition) is 0.